The minimum Gasteiger partial charge on any atom is -0.465 e. The Bertz CT molecular complexity index is 518. The maximum atomic E-state index is 11.8. The van der Waals surface area contributed by atoms with Gasteiger partial charge < -0.3 is 4.74 Å². The standard InChI is InChI=1S/C17H20N2O2/c1-3-21-17(20)13(2)19-16(14-7-5-4-6-8-14)15-9-11-18-12-10-15/h4-13,16,19H,3H2,1-2H3. The van der Waals surface area contributed by atoms with Gasteiger partial charge in [0.1, 0.15) is 6.04 Å². The first-order chi connectivity index (χ1) is 10.2. The van der Waals surface area contributed by atoms with Gasteiger partial charge in [-0.15, -0.1) is 0 Å². The zero-order valence-corrected chi connectivity index (χ0v) is 12.3. The minimum absolute atomic E-state index is 0.0754. The van der Waals surface area contributed by atoms with Crippen molar-refractivity contribution >= 4 is 5.97 Å². The molecule has 0 aliphatic heterocycles. The van der Waals surface area contributed by atoms with Crippen LogP contribution >= 0.6 is 0 Å². The van der Waals surface area contributed by atoms with E-state index in [4.69, 9.17) is 4.74 Å². The highest BCUT2D eigenvalue weighted by Gasteiger charge is 2.21. The molecule has 0 aliphatic rings. The molecule has 0 saturated carbocycles. The van der Waals surface area contributed by atoms with Gasteiger partial charge in [-0.25, -0.2) is 0 Å². The van der Waals surface area contributed by atoms with E-state index in [-0.39, 0.29) is 18.1 Å². The number of carbonyl (C=O) groups excluding carboxylic acids is 1. The van der Waals surface area contributed by atoms with Crippen LogP contribution in [0.3, 0.4) is 0 Å². The van der Waals surface area contributed by atoms with Gasteiger partial charge in [0.25, 0.3) is 0 Å². The molecule has 2 aromatic rings. The van der Waals surface area contributed by atoms with Crippen molar-refractivity contribution in [2.75, 3.05) is 6.61 Å². The SMILES string of the molecule is CCOC(=O)C(C)NC(c1ccccc1)c1ccncc1. The third kappa shape index (κ3) is 4.13. The van der Waals surface area contributed by atoms with Crippen LogP contribution in [0, 0.1) is 0 Å². The number of benzene rings is 1. The van der Waals surface area contributed by atoms with E-state index < -0.39 is 0 Å². The van der Waals surface area contributed by atoms with Crippen LogP contribution < -0.4 is 5.32 Å². The molecule has 0 bridgehead atoms. The van der Waals surface area contributed by atoms with Gasteiger partial charge in [0.2, 0.25) is 0 Å². The summed E-state index contributed by atoms with van der Waals surface area (Å²) in [5, 5.41) is 3.33. The monoisotopic (exact) mass is 284 g/mol. The Balaban J connectivity index is 2.23. The molecule has 2 rings (SSSR count). The summed E-state index contributed by atoms with van der Waals surface area (Å²) in [6, 6.07) is 13.5. The molecule has 21 heavy (non-hydrogen) atoms. The van der Waals surface area contributed by atoms with Crippen molar-refractivity contribution in [2.24, 2.45) is 0 Å². The summed E-state index contributed by atoms with van der Waals surface area (Å²) in [6.45, 7) is 4.01. The smallest absolute Gasteiger partial charge is 0.322 e. The van der Waals surface area contributed by atoms with Crippen LogP contribution in [0.1, 0.15) is 31.0 Å². The van der Waals surface area contributed by atoms with E-state index in [1.54, 1.807) is 12.4 Å². The highest BCUT2D eigenvalue weighted by atomic mass is 16.5. The van der Waals surface area contributed by atoms with Crippen molar-refractivity contribution in [3.05, 3.63) is 66.0 Å². The number of rotatable bonds is 6. The van der Waals surface area contributed by atoms with E-state index in [1.165, 1.54) is 0 Å². The first-order valence-electron chi connectivity index (χ1n) is 7.10. The molecule has 4 nitrogen and oxygen atoms in total. The lowest BCUT2D eigenvalue weighted by Gasteiger charge is -2.23. The Morgan fingerprint density at radius 3 is 2.38 bits per heavy atom. The number of carbonyl (C=O) groups is 1. The van der Waals surface area contributed by atoms with E-state index in [9.17, 15) is 4.79 Å². The molecule has 110 valence electrons. The largest absolute Gasteiger partial charge is 0.465 e. The fourth-order valence-corrected chi connectivity index (χ4v) is 2.17. The van der Waals surface area contributed by atoms with Crippen LogP contribution in [0.4, 0.5) is 0 Å². The average Bonchev–Trinajstić information content (AvgIpc) is 2.54. The molecule has 2 atom stereocenters. The van der Waals surface area contributed by atoms with Crippen LogP contribution in [0.15, 0.2) is 54.9 Å². The van der Waals surface area contributed by atoms with Gasteiger partial charge in [-0.1, -0.05) is 30.3 Å². The van der Waals surface area contributed by atoms with Crippen molar-refractivity contribution in [1.82, 2.24) is 10.3 Å². The molecule has 0 spiro atoms. The predicted molar refractivity (Wildman–Crippen MR) is 81.8 cm³/mol. The highest BCUT2D eigenvalue weighted by Crippen LogP contribution is 2.22. The third-order valence-electron chi connectivity index (χ3n) is 3.23. The van der Waals surface area contributed by atoms with Crippen LogP contribution in [0.5, 0.6) is 0 Å². The number of nitrogens with zero attached hydrogens (tertiary/aromatic N) is 1. The lowest BCUT2D eigenvalue weighted by molar-refractivity contribution is -0.145. The minimum atomic E-state index is -0.386. The van der Waals surface area contributed by atoms with Gasteiger partial charge in [-0.3, -0.25) is 15.1 Å². The van der Waals surface area contributed by atoms with Crippen LogP contribution in [0.2, 0.25) is 0 Å². The Labute approximate surface area is 125 Å². The van der Waals surface area contributed by atoms with Crippen molar-refractivity contribution in [3.63, 3.8) is 0 Å². The average molecular weight is 284 g/mol. The van der Waals surface area contributed by atoms with Crippen molar-refractivity contribution in [1.29, 1.82) is 0 Å². The van der Waals surface area contributed by atoms with Gasteiger partial charge in [0.05, 0.1) is 12.6 Å². The predicted octanol–water partition coefficient (Wildman–Crippen LogP) is 2.71. The van der Waals surface area contributed by atoms with E-state index in [0.29, 0.717) is 6.61 Å². The number of ether oxygens (including phenoxy) is 1. The molecule has 0 aliphatic carbocycles. The summed E-state index contributed by atoms with van der Waals surface area (Å²) in [5.41, 5.74) is 2.16. The van der Waals surface area contributed by atoms with Gasteiger partial charge in [-0.05, 0) is 37.1 Å². The number of hydrogen-bond donors (Lipinski definition) is 1. The second-order valence-electron chi connectivity index (χ2n) is 4.76. The van der Waals surface area contributed by atoms with Crippen molar-refractivity contribution < 1.29 is 9.53 Å². The lowest BCUT2D eigenvalue weighted by atomic mass is 9.99. The summed E-state index contributed by atoms with van der Waals surface area (Å²) in [6.07, 6.45) is 3.50. The summed E-state index contributed by atoms with van der Waals surface area (Å²) in [7, 11) is 0. The number of nitrogens with one attached hydrogen (secondary N) is 1. The molecule has 1 N–H and O–H groups in total. The highest BCUT2D eigenvalue weighted by molar-refractivity contribution is 5.75. The Morgan fingerprint density at radius 2 is 1.76 bits per heavy atom. The van der Waals surface area contributed by atoms with Crippen LogP contribution in [0.25, 0.3) is 0 Å². The van der Waals surface area contributed by atoms with Crippen LogP contribution in [-0.2, 0) is 9.53 Å². The molecule has 2 unspecified atom stereocenters. The second kappa shape index (κ2) is 7.55. The van der Waals surface area contributed by atoms with Gasteiger partial charge in [0, 0.05) is 12.4 Å². The number of esters is 1. The zero-order chi connectivity index (χ0) is 15.1. The zero-order valence-electron chi connectivity index (χ0n) is 12.3. The number of aromatic nitrogens is 1. The molecule has 4 heteroatoms. The van der Waals surface area contributed by atoms with E-state index in [2.05, 4.69) is 10.3 Å². The molecule has 1 heterocycles. The topological polar surface area (TPSA) is 51.2 Å². The Hall–Kier alpha value is -2.20. The molecule has 0 fully saturated rings. The molecule has 1 aromatic carbocycles. The van der Waals surface area contributed by atoms with E-state index >= 15 is 0 Å². The summed E-state index contributed by atoms with van der Waals surface area (Å²) in [5.74, 6) is -0.243. The van der Waals surface area contributed by atoms with E-state index in [1.807, 2.05) is 56.3 Å². The maximum Gasteiger partial charge on any atom is 0.322 e. The van der Waals surface area contributed by atoms with Gasteiger partial charge >= 0.3 is 5.97 Å². The quantitative estimate of drug-likeness (QED) is 0.829. The number of hydrogen-bond acceptors (Lipinski definition) is 4. The van der Waals surface area contributed by atoms with E-state index in [0.717, 1.165) is 11.1 Å². The van der Waals surface area contributed by atoms with Crippen molar-refractivity contribution in [2.45, 2.75) is 25.9 Å². The summed E-state index contributed by atoms with van der Waals surface area (Å²) in [4.78, 5) is 15.9. The molecular formula is C17H20N2O2. The summed E-state index contributed by atoms with van der Waals surface area (Å²) < 4.78 is 5.06. The molecule has 1 aromatic heterocycles. The van der Waals surface area contributed by atoms with Gasteiger partial charge in [-0.2, -0.15) is 0 Å². The maximum absolute atomic E-state index is 11.8. The van der Waals surface area contributed by atoms with Crippen molar-refractivity contribution in [3.8, 4) is 0 Å². The number of pyridine rings is 1. The second-order valence-corrected chi connectivity index (χ2v) is 4.76. The first kappa shape index (κ1) is 15.2. The third-order valence-corrected chi connectivity index (χ3v) is 3.23. The normalized spacial score (nSPS) is 13.4. The fourth-order valence-electron chi connectivity index (χ4n) is 2.17. The fraction of sp³-hybridized carbons (Fsp3) is 0.294. The molecule has 0 amide bonds. The lowest BCUT2D eigenvalue weighted by Crippen LogP contribution is -2.38. The Kier molecular flexibility index (Phi) is 5.46. The van der Waals surface area contributed by atoms with Crippen LogP contribution in [-0.4, -0.2) is 23.6 Å². The molecular weight excluding hydrogens is 264 g/mol. The van der Waals surface area contributed by atoms with Gasteiger partial charge in [0.15, 0.2) is 0 Å². The molecule has 0 radical (unpaired) electrons. The first-order valence-corrected chi connectivity index (χ1v) is 7.10. The molecule has 0 saturated heterocycles. The summed E-state index contributed by atoms with van der Waals surface area (Å²) >= 11 is 0. The Morgan fingerprint density at radius 1 is 1.14 bits per heavy atom.